The van der Waals surface area contributed by atoms with Gasteiger partial charge < -0.3 is 24.4 Å². The molecule has 2 amide bonds. The Balaban J connectivity index is 1.34. The third kappa shape index (κ3) is 6.33. The molecule has 2 saturated carbocycles. The number of rotatable bonds is 4. The van der Waals surface area contributed by atoms with Crippen LogP contribution in [0.3, 0.4) is 0 Å². The molecule has 2 fully saturated rings. The molecule has 3 aliphatic carbocycles. The van der Waals surface area contributed by atoms with E-state index in [0.717, 1.165) is 32.1 Å². The lowest BCUT2D eigenvalue weighted by atomic mass is 9.68. The van der Waals surface area contributed by atoms with Crippen LogP contribution < -0.4 is 14.4 Å². The lowest BCUT2D eigenvalue weighted by molar-refractivity contribution is -0.148. The zero-order valence-electron chi connectivity index (χ0n) is 29.1. The molecule has 0 aromatic heterocycles. The van der Waals surface area contributed by atoms with Gasteiger partial charge in [-0.15, -0.1) is 0 Å². The summed E-state index contributed by atoms with van der Waals surface area (Å²) in [5, 5.41) is 13.0. The summed E-state index contributed by atoms with van der Waals surface area (Å²) >= 11 is 6.45. The van der Waals surface area contributed by atoms with E-state index in [4.69, 9.17) is 21.1 Å². The Kier molecular flexibility index (Phi) is 9.27. The van der Waals surface area contributed by atoms with E-state index >= 15 is 0 Å². The van der Waals surface area contributed by atoms with Crippen LogP contribution >= 0.6 is 11.6 Å². The standard InChI is InChI=1S/C38H48ClN3O7S/c1-36(16-17-36)50(46,47)40-35(44)38(45)21-34(43)41(2)18-5-4-8-32(48-3)29-12-9-26(29)22-42-23-37(24-49-33-14-10-27(38)20-31(33)42)15-6-7-25-19-28(39)11-13-30(25)37/h4,8,10-11,13-14,19-20,26,29,32,45H,5-7,9,12,15-18,21-24H2,1-3H3,(H,40,44)/b8-4-/t26-,29+,32-,37-,38+/m0/s1. The van der Waals surface area contributed by atoms with Gasteiger partial charge in [-0.25, -0.2) is 13.1 Å². The third-order valence-electron chi connectivity index (χ3n) is 12.1. The molecule has 10 nitrogen and oxygen atoms in total. The Hall–Kier alpha value is -3.12. The Morgan fingerprint density at radius 2 is 1.94 bits per heavy atom. The minimum absolute atomic E-state index is 0.0627. The highest BCUT2D eigenvalue weighted by Crippen LogP contribution is 2.48. The second-order valence-corrected chi connectivity index (χ2v) is 18.1. The van der Waals surface area contributed by atoms with Gasteiger partial charge in [0.15, 0.2) is 5.60 Å². The van der Waals surface area contributed by atoms with E-state index in [1.54, 1.807) is 39.3 Å². The van der Waals surface area contributed by atoms with Crippen molar-refractivity contribution < 1.29 is 32.6 Å². The molecule has 0 unspecified atom stereocenters. The lowest BCUT2D eigenvalue weighted by Crippen LogP contribution is -2.51. The summed E-state index contributed by atoms with van der Waals surface area (Å²) in [4.78, 5) is 31.5. The third-order valence-corrected chi connectivity index (χ3v) is 14.5. The van der Waals surface area contributed by atoms with E-state index in [0.29, 0.717) is 73.8 Å². The van der Waals surface area contributed by atoms with E-state index in [1.165, 1.54) is 16.0 Å². The number of amides is 2. The fourth-order valence-corrected chi connectivity index (χ4v) is 9.86. The maximum atomic E-state index is 14.0. The molecule has 7 rings (SSSR count). The largest absolute Gasteiger partial charge is 0.490 e. The van der Waals surface area contributed by atoms with Gasteiger partial charge in [0.1, 0.15) is 5.75 Å². The zero-order valence-corrected chi connectivity index (χ0v) is 30.7. The average Bonchev–Trinajstić information content (AvgIpc) is 3.86. The average molecular weight is 726 g/mol. The van der Waals surface area contributed by atoms with Gasteiger partial charge in [-0.1, -0.05) is 35.9 Å². The molecular formula is C38H48ClN3O7S. The second kappa shape index (κ2) is 13.1. The SMILES string of the molecule is CO[C@H]1/C=C\CCN(C)C(=O)C[C@](O)(C(=O)NS(=O)(=O)C2(C)CC2)c2ccc3c(c2)N(C[C@@H]2CC[C@H]21)C[C@@]1(CCCc2cc(Cl)ccc21)CO3. The molecular weight excluding hydrogens is 678 g/mol. The van der Waals surface area contributed by atoms with Crippen LogP contribution in [0, 0.1) is 11.8 Å². The zero-order chi connectivity index (χ0) is 35.5. The summed E-state index contributed by atoms with van der Waals surface area (Å²) in [6.45, 7) is 3.70. The Morgan fingerprint density at radius 1 is 1.14 bits per heavy atom. The van der Waals surface area contributed by atoms with Gasteiger partial charge >= 0.3 is 0 Å². The van der Waals surface area contributed by atoms with Gasteiger partial charge in [0, 0.05) is 44.2 Å². The second-order valence-electron chi connectivity index (χ2n) is 15.4. The highest BCUT2D eigenvalue weighted by molar-refractivity contribution is 7.91. The van der Waals surface area contributed by atoms with Crippen molar-refractivity contribution in [2.24, 2.45) is 11.8 Å². The number of carbonyl (C=O) groups is 2. The van der Waals surface area contributed by atoms with E-state index in [2.05, 4.69) is 27.8 Å². The van der Waals surface area contributed by atoms with E-state index in [9.17, 15) is 23.1 Å². The first-order valence-electron chi connectivity index (χ1n) is 17.8. The van der Waals surface area contributed by atoms with Crippen molar-refractivity contribution in [3.05, 3.63) is 70.3 Å². The molecule has 2 bridgehead atoms. The first-order valence-corrected chi connectivity index (χ1v) is 19.7. The van der Waals surface area contributed by atoms with Gasteiger partial charge in [-0.2, -0.15) is 0 Å². The van der Waals surface area contributed by atoms with Crippen LogP contribution in [0.5, 0.6) is 5.75 Å². The van der Waals surface area contributed by atoms with E-state index in [-0.39, 0.29) is 17.1 Å². The fourth-order valence-electron chi connectivity index (χ4n) is 8.37. The number of nitrogens with zero attached hydrogens (tertiary/aromatic N) is 2. The van der Waals surface area contributed by atoms with Crippen LogP contribution in [0.4, 0.5) is 5.69 Å². The van der Waals surface area contributed by atoms with Crippen LogP contribution in [0.25, 0.3) is 0 Å². The molecule has 1 spiro atoms. The van der Waals surface area contributed by atoms with E-state index in [1.807, 2.05) is 12.1 Å². The van der Waals surface area contributed by atoms with Crippen molar-refractivity contribution in [1.29, 1.82) is 0 Å². The van der Waals surface area contributed by atoms with Crippen molar-refractivity contribution in [2.75, 3.05) is 45.3 Å². The number of ether oxygens (including phenoxy) is 2. The molecule has 2 aliphatic heterocycles. The van der Waals surface area contributed by atoms with Gasteiger partial charge in [0.25, 0.3) is 5.91 Å². The van der Waals surface area contributed by atoms with Crippen LogP contribution in [-0.4, -0.2) is 81.5 Å². The highest BCUT2D eigenvalue weighted by atomic mass is 35.5. The molecule has 50 heavy (non-hydrogen) atoms. The minimum Gasteiger partial charge on any atom is -0.490 e. The summed E-state index contributed by atoms with van der Waals surface area (Å²) in [6, 6.07) is 11.2. The Labute approximate surface area is 300 Å². The molecule has 2 N–H and O–H groups in total. The number of sulfonamides is 1. The smallest absolute Gasteiger partial charge is 0.270 e. The maximum Gasteiger partial charge on any atom is 0.270 e. The number of halogens is 1. The Morgan fingerprint density at radius 3 is 2.66 bits per heavy atom. The quantitative estimate of drug-likeness (QED) is 0.429. The van der Waals surface area contributed by atoms with Gasteiger partial charge in [0.2, 0.25) is 15.9 Å². The van der Waals surface area contributed by atoms with Crippen LogP contribution in [0.1, 0.15) is 75.0 Å². The predicted molar refractivity (Wildman–Crippen MR) is 192 cm³/mol. The number of hydrogen-bond donors (Lipinski definition) is 2. The van der Waals surface area contributed by atoms with Crippen molar-refractivity contribution >= 4 is 39.1 Å². The summed E-state index contributed by atoms with van der Waals surface area (Å²) in [5.41, 5.74) is 0.484. The Bertz CT molecular complexity index is 1810. The summed E-state index contributed by atoms with van der Waals surface area (Å²) in [6.07, 6.45) is 9.72. The number of anilines is 1. The fraction of sp³-hybridized carbons (Fsp3) is 0.579. The van der Waals surface area contributed by atoms with Gasteiger partial charge in [-0.3, -0.25) is 9.59 Å². The van der Waals surface area contributed by atoms with Crippen LogP contribution in [0.15, 0.2) is 48.6 Å². The summed E-state index contributed by atoms with van der Waals surface area (Å²) in [5.74, 6) is -0.403. The number of aliphatic hydroxyl groups is 1. The molecule has 5 atom stereocenters. The van der Waals surface area contributed by atoms with Crippen molar-refractivity contribution in [2.45, 2.75) is 86.6 Å². The summed E-state index contributed by atoms with van der Waals surface area (Å²) < 4.78 is 40.2. The number of benzene rings is 2. The lowest BCUT2D eigenvalue weighted by Gasteiger charge is -2.46. The topological polar surface area (TPSA) is 125 Å². The number of fused-ring (bicyclic) bond motifs is 4. The number of carbonyl (C=O) groups excluding carboxylic acids is 2. The van der Waals surface area contributed by atoms with Crippen LogP contribution in [-0.2, 0) is 41.8 Å². The number of methoxy groups -OCH3 is 1. The van der Waals surface area contributed by atoms with Crippen molar-refractivity contribution in [3.63, 3.8) is 0 Å². The van der Waals surface area contributed by atoms with Crippen molar-refractivity contribution in [3.8, 4) is 5.75 Å². The van der Waals surface area contributed by atoms with Gasteiger partial charge in [-0.05, 0) is 111 Å². The highest BCUT2D eigenvalue weighted by Gasteiger charge is 2.53. The number of nitrogens with one attached hydrogen (secondary N) is 1. The number of aryl methyl sites for hydroxylation is 1. The van der Waals surface area contributed by atoms with Crippen LogP contribution in [0.2, 0.25) is 5.02 Å². The predicted octanol–water partition coefficient (Wildman–Crippen LogP) is 4.85. The molecule has 5 aliphatic rings. The van der Waals surface area contributed by atoms with Gasteiger partial charge in [0.05, 0.1) is 29.6 Å². The molecule has 270 valence electrons. The molecule has 0 radical (unpaired) electrons. The molecule has 2 aromatic carbocycles. The minimum atomic E-state index is -4.10. The maximum absolute atomic E-state index is 14.0. The molecule has 12 heteroatoms. The monoisotopic (exact) mass is 725 g/mol. The van der Waals surface area contributed by atoms with E-state index < -0.39 is 38.6 Å². The van der Waals surface area contributed by atoms with Crippen molar-refractivity contribution in [1.82, 2.24) is 9.62 Å². The first kappa shape index (κ1) is 35.3. The normalized spacial score (nSPS) is 31.4. The first-order chi connectivity index (χ1) is 23.8. The molecule has 2 aromatic rings. The number of hydrogen-bond acceptors (Lipinski definition) is 8. The summed E-state index contributed by atoms with van der Waals surface area (Å²) in [7, 11) is -0.733. The molecule has 2 heterocycles. The molecule has 0 saturated heterocycles.